The van der Waals surface area contributed by atoms with Gasteiger partial charge < -0.3 is 20.3 Å². The number of hydrogen-bond donors (Lipinski definition) is 4. The van der Waals surface area contributed by atoms with Crippen LogP contribution in [-0.4, -0.2) is 57.6 Å². The van der Waals surface area contributed by atoms with Crippen molar-refractivity contribution in [3.8, 4) is 0 Å². The molecule has 24 heavy (non-hydrogen) atoms. The summed E-state index contributed by atoms with van der Waals surface area (Å²) in [5, 5.41) is 21.4. The summed E-state index contributed by atoms with van der Waals surface area (Å²) in [6, 6.07) is 7.81. The van der Waals surface area contributed by atoms with Gasteiger partial charge >= 0.3 is 6.03 Å². The average molecular weight is 333 g/mol. The molecule has 2 amide bonds. The topological polar surface area (TPSA) is 125 Å². The quantitative estimate of drug-likeness (QED) is 0.552. The Morgan fingerprint density at radius 3 is 2.71 bits per heavy atom. The number of nitrogens with zero attached hydrogens (tertiary/aromatic N) is 1. The van der Waals surface area contributed by atoms with Gasteiger partial charge in [-0.3, -0.25) is 15.4 Å². The number of amides is 2. The molecule has 8 nitrogen and oxygen atoms in total. The van der Waals surface area contributed by atoms with Crippen LogP contribution in [0.5, 0.6) is 0 Å². The third-order valence-corrected chi connectivity index (χ3v) is 4.15. The molecule has 4 atom stereocenters. The normalized spacial score (nSPS) is 32.7. The van der Waals surface area contributed by atoms with E-state index in [0.717, 1.165) is 0 Å². The van der Waals surface area contributed by atoms with Gasteiger partial charge in [0.15, 0.2) is 5.66 Å². The Hall–Kier alpha value is -2.26. The van der Waals surface area contributed by atoms with E-state index in [0.29, 0.717) is 5.56 Å². The number of rotatable bonds is 4. The van der Waals surface area contributed by atoms with Crippen LogP contribution >= 0.6 is 0 Å². The van der Waals surface area contributed by atoms with Gasteiger partial charge in [-0.2, -0.15) is 0 Å². The molecule has 8 heteroatoms. The van der Waals surface area contributed by atoms with Gasteiger partial charge in [0.1, 0.15) is 12.3 Å². The number of carbonyl (C=O) groups excluding carboxylic acids is 2. The second kappa shape index (κ2) is 6.33. The number of ketones is 1. The molecule has 0 saturated carbocycles. The maximum atomic E-state index is 12.5. The predicted molar refractivity (Wildman–Crippen MR) is 83.6 cm³/mol. The van der Waals surface area contributed by atoms with Gasteiger partial charge in [0.25, 0.3) is 0 Å². The van der Waals surface area contributed by atoms with Crippen LogP contribution in [0.15, 0.2) is 42.6 Å². The summed E-state index contributed by atoms with van der Waals surface area (Å²) < 4.78 is 5.43. The number of nitrogens with one attached hydrogen (secondary N) is 1. The molecule has 1 fully saturated rings. The molecule has 0 radical (unpaired) electrons. The molecule has 5 N–H and O–H groups in total. The van der Waals surface area contributed by atoms with Crippen LogP contribution in [-0.2, 0) is 4.74 Å². The number of carbonyl (C=O) groups is 2. The molecular weight excluding hydrogens is 314 g/mol. The van der Waals surface area contributed by atoms with Crippen molar-refractivity contribution in [3.63, 3.8) is 0 Å². The van der Waals surface area contributed by atoms with E-state index < -0.39 is 35.9 Å². The van der Waals surface area contributed by atoms with Crippen molar-refractivity contribution >= 4 is 11.8 Å². The number of aliphatic hydroxyl groups excluding tert-OH is 2. The minimum absolute atomic E-state index is 0.160. The highest BCUT2D eigenvalue weighted by Crippen LogP contribution is 2.26. The average Bonchev–Trinajstić information content (AvgIpc) is 2.95. The Labute approximate surface area is 138 Å². The molecule has 1 aromatic carbocycles. The van der Waals surface area contributed by atoms with Gasteiger partial charge in [0, 0.05) is 18.2 Å². The lowest BCUT2D eigenvalue weighted by Crippen LogP contribution is -2.65. The van der Waals surface area contributed by atoms with E-state index in [1.54, 1.807) is 30.3 Å². The smallest absolute Gasteiger partial charge is 0.325 e. The molecule has 0 aromatic heterocycles. The van der Waals surface area contributed by atoms with Crippen molar-refractivity contribution in [1.29, 1.82) is 0 Å². The van der Waals surface area contributed by atoms with E-state index in [9.17, 15) is 14.7 Å². The maximum Gasteiger partial charge on any atom is 0.325 e. The number of ether oxygens (including phenoxy) is 1. The second-order valence-electron chi connectivity index (χ2n) is 5.83. The van der Waals surface area contributed by atoms with Crippen molar-refractivity contribution in [3.05, 3.63) is 48.2 Å². The fraction of sp³-hybridized carbons (Fsp3) is 0.375. The first-order valence-corrected chi connectivity index (χ1v) is 7.57. The summed E-state index contributed by atoms with van der Waals surface area (Å²) in [4.78, 5) is 26.1. The molecule has 1 unspecified atom stereocenters. The van der Waals surface area contributed by atoms with E-state index in [2.05, 4.69) is 5.32 Å². The molecule has 0 aliphatic carbocycles. The van der Waals surface area contributed by atoms with Gasteiger partial charge in [0.05, 0.1) is 12.7 Å². The fourth-order valence-electron chi connectivity index (χ4n) is 2.79. The van der Waals surface area contributed by atoms with E-state index in [4.69, 9.17) is 15.6 Å². The Bertz CT molecular complexity index is 665. The summed E-state index contributed by atoms with van der Waals surface area (Å²) in [5.41, 5.74) is 4.77. The number of urea groups is 1. The van der Waals surface area contributed by atoms with Crippen molar-refractivity contribution in [2.24, 2.45) is 5.73 Å². The maximum absolute atomic E-state index is 12.5. The number of aliphatic hydroxyl groups is 2. The highest BCUT2D eigenvalue weighted by molar-refractivity contribution is 6.06. The van der Waals surface area contributed by atoms with E-state index in [1.807, 2.05) is 0 Å². The van der Waals surface area contributed by atoms with Gasteiger partial charge in [0.2, 0.25) is 5.78 Å². The molecule has 2 aliphatic heterocycles. The molecule has 1 aromatic rings. The second-order valence-corrected chi connectivity index (χ2v) is 5.83. The summed E-state index contributed by atoms with van der Waals surface area (Å²) in [7, 11) is 0. The number of nitrogens with two attached hydrogens (primary N) is 1. The summed E-state index contributed by atoms with van der Waals surface area (Å²) >= 11 is 0. The Balaban J connectivity index is 1.77. The molecule has 0 bridgehead atoms. The van der Waals surface area contributed by atoms with Crippen molar-refractivity contribution < 1.29 is 24.5 Å². The van der Waals surface area contributed by atoms with Crippen LogP contribution in [0.4, 0.5) is 4.79 Å². The standard InChI is InChI=1S/C16H19N3O5/c17-16(14(22)10-4-2-1-3-5-10)6-7-19(15(23)18-16)13-8-11(21)12(9-20)24-13/h1-7,11-13,20-21H,8-9,17H2,(H,18,23)/t11-,12+,13+,16?/m0/s1. The van der Waals surface area contributed by atoms with Crippen LogP contribution in [0.25, 0.3) is 0 Å². The first kappa shape index (κ1) is 16.6. The fourth-order valence-corrected chi connectivity index (χ4v) is 2.79. The largest absolute Gasteiger partial charge is 0.394 e. The molecule has 128 valence electrons. The molecule has 2 aliphatic rings. The van der Waals surface area contributed by atoms with Crippen LogP contribution < -0.4 is 11.1 Å². The summed E-state index contributed by atoms with van der Waals surface area (Å²) in [6.45, 7) is -0.343. The van der Waals surface area contributed by atoms with E-state index in [1.165, 1.54) is 17.2 Å². The van der Waals surface area contributed by atoms with Crippen molar-refractivity contribution in [2.75, 3.05) is 6.61 Å². The molecule has 0 spiro atoms. The SMILES string of the molecule is NC1(C(=O)c2ccccc2)C=CN([C@H]2C[C@H](O)[C@@H](CO)O2)C(=O)N1. The minimum atomic E-state index is -1.65. The number of benzene rings is 1. The number of Topliss-reactive ketones (excluding diaryl/α,β-unsaturated/α-hetero) is 1. The van der Waals surface area contributed by atoms with Crippen LogP contribution in [0.3, 0.4) is 0 Å². The Morgan fingerprint density at radius 2 is 2.12 bits per heavy atom. The van der Waals surface area contributed by atoms with Crippen LogP contribution in [0.2, 0.25) is 0 Å². The third kappa shape index (κ3) is 2.92. The first-order valence-electron chi connectivity index (χ1n) is 7.57. The molecule has 3 rings (SSSR count). The van der Waals surface area contributed by atoms with Gasteiger partial charge in [-0.05, 0) is 6.08 Å². The molecule has 1 saturated heterocycles. The van der Waals surface area contributed by atoms with Gasteiger partial charge in [-0.15, -0.1) is 0 Å². The van der Waals surface area contributed by atoms with Gasteiger partial charge in [-0.25, -0.2) is 4.79 Å². The van der Waals surface area contributed by atoms with Crippen molar-refractivity contribution in [2.45, 2.75) is 30.5 Å². The number of hydrogen-bond acceptors (Lipinski definition) is 6. The highest BCUT2D eigenvalue weighted by atomic mass is 16.5. The lowest BCUT2D eigenvalue weighted by molar-refractivity contribution is -0.0546. The monoisotopic (exact) mass is 333 g/mol. The Morgan fingerprint density at radius 1 is 1.42 bits per heavy atom. The Kier molecular flexibility index (Phi) is 4.37. The predicted octanol–water partition coefficient (Wildman–Crippen LogP) is -0.469. The van der Waals surface area contributed by atoms with Crippen molar-refractivity contribution in [1.82, 2.24) is 10.2 Å². The molecular formula is C16H19N3O5. The lowest BCUT2D eigenvalue weighted by Gasteiger charge is -2.36. The van der Waals surface area contributed by atoms with Gasteiger partial charge in [-0.1, -0.05) is 30.3 Å². The summed E-state index contributed by atoms with van der Waals surface area (Å²) in [6.07, 6.45) is 0.573. The highest BCUT2D eigenvalue weighted by Gasteiger charge is 2.43. The third-order valence-electron chi connectivity index (χ3n) is 4.15. The zero-order valence-corrected chi connectivity index (χ0v) is 12.8. The van der Waals surface area contributed by atoms with Crippen LogP contribution in [0, 0.1) is 0 Å². The zero-order valence-electron chi connectivity index (χ0n) is 12.8. The lowest BCUT2D eigenvalue weighted by atomic mass is 9.97. The van der Waals surface area contributed by atoms with E-state index in [-0.39, 0.29) is 13.0 Å². The summed E-state index contributed by atoms with van der Waals surface area (Å²) in [5.74, 6) is -0.437. The zero-order chi connectivity index (χ0) is 17.3. The molecule has 2 heterocycles. The minimum Gasteiger partial charge on any atom is -0.394 e. The first-order chi connectivity index (χ1) is 11.4. The van der Waals surface area contributed by atoms with Crippen LogP contribution in [0.1, 0.15) is 16.8 Å². The van der Waals surface area contributed by atoms with E-state index >= 15 is 0 Å².